The number of carbonyl (C=O) groups excluding carboxylic acids is 1. The third-order valence-electron chi connectivity index (χ3n) is 4.78. The van der Waals surface area contributed by atoms with Gasteiger partial charge < -0.3 is 9.64 Å². The van der Waals surface area contributed by atoms with E-state index < -0.39 is 0 Å². The first-order chi connectivity index (χ1) is 14.9. The van der Waals surface area contributed by atoms with Crippen LogP contribution in [0.3, 0.4) is 0 Å². The van der Waals surface area contributed by atoms with Gasteiger partial charge in [0.05, 0.1) is 13.2 Å². The molecule has 0 saturated heterocycles. The molecule has 8 heteroatoms. The highest BCUT2D eigenvalue weighted by atomic mass is 16.5. The predicted molar refractivity (Wildman–Crippen MR) is 118 cm³/mol. The molecule has 2 heterocycles. The van der Waals surface area contributed by atoms with E-state index in [0.29, 0.717) is 29.4 Å². The molecular formula is C23H23N5O3. The Morgan fingerprint density at radius 2 is 1.87 bits per heavy atom. The van der Waals surface area contributed by atoms with Crippen LogP contribution in [0.15, 0.2) is 59.4 Å². The summed E-state index contributed by atoms with van der Waals surface area (Å²) in [6, 6.07) is 16.2. The zero-order valence-corrected chi connectivity index (χ0v) is 17.6. The molecule has 0 bridgehead atoms. The number of fused-ring (bicyclic) bond motifs is 1. The van der Waals surface area contributed by atoms with Crippen LogP contribution in [-0.4, -0.2) is 32.1 Å². The van der Waals surface area contributed by atoms with Crippen LogP contribution in [0.2, 0.25) is 0 Å². The number of hydrogen-bond donors (Lipinski definition) is 1. The molecule has 4 aromatic rings. The summed E-state index contributed by atoms with van der Waals surface area (Å²) in [5, 5.41) is 2.95. The van der Waals surface area contributed by atoms with Gasteiger partial charge in [0.25, 0.3) is 17.2 Å². The van der Waals surface area contributed by atoms with Crippen molar-refractivity contribution in [3.05, 3.63) is 87.6 Å². The Kier molecular flexibility index (Phi) is 5.53. The molecule has 0 radical (unpaired) electrons. The molecule has 0 fully saturated rings. The van der Waals surface area contributed by atoms with Gasteiger partial charge in [-0.25, -0.2) is 4.98 Å². The summed E-state index contributed by atoms with van der Waals surface area (Å²) >= 11 is 0. The minimum atomic E-state index is -0.251. The average Bonchev–Trinajstić information content (AvgIpc) is 3.15. The third-order valence-corrected chi connectivity index (χ3v) is 4.78. The SMILES string of the molecule is CCOc1ccc(N(Cc2nc3nc(C)cc(=O)n3[nH]2)C(=O)c2cccc(C)c2)cc1. The topological polar surface area (TPSA) is 92.6 Å². The predicted octanol–water partition coefficient (Wildman–Crippen LogP) is 3.28. The first kappa shape index (κ1) is 20.3. The van der Waals surface area contributed by atoms with Crippen LogP contribution in [0.4, 0.5) is 5.69 Å². The number of nitrogens with zero attached hydrogens (tertiary/aromatic N) is 4. The van der Waals surface area contributed by atoms with Gasteiger partial charge in [-0.15, -0.1) is 0 Å². The number of H-pyrrole nitrogens is 1. The lowest BCUT2D eigenvalue weighted by Crippen LogP contribution is -2.31. The number of aromatic nitrogens is 4. The van der Waals surface area contributed by atoms with E-state index in [1.165, 1.54) is 10.6 Å². The summed E-state index contributed by atoms with van der Waals surface area (Å²) in [4.78, 5) is 35.9. The highest BCUT2D eigenvalue weighted by molar-refractivity contribution is 6.06. The number of rotatable bonds is 6. The zero-order chi connectivity index (χ0) is 22.0. The maximum Gasteiger partial charge on any atom is 0.274 e. The van der Waals surface area contributed by atoms with E-state index in [1.807, 2.05) is 56.3 Å². The second-order valence-corrected chi connectivity index (χ2v) is 7.23. The number of hydrogen-bond acceptors (Lipinski definition) is 5. The Bertz CT molecular complexity index is 1290. The number of anilines is 1. The van der Waals surface area contributed by atoms with Gasteiger partial charge in [0.1, 0.15) is 11.6 Å². The molecule has 0 atom stereocenters. The molecule has 0 aliphatic heterocycles. The second-order valence-electron chi connectivity index (χ2n) is 7.23. The van der Waals surface area contributed by atoms with Crippen molar-refractivity contribution in [2.45, 2.75) is 27.3 Å². The summed E-state index contributed by atoms with van der Waals surface area (Å²) in [5.74, 6) is 1.27. The lowest BCUT2D eigenvalue weighted by molar-refractivity contribution is 0.0984. The van der Waals surface area contributed by atoms with E-state index in [9.17, 15) is 9.59 Å². The lowest BCUT2D eigenvalue weighted by atomic mass is 10.1. The first-order valence-corrected chi connectivity index (χ1v) is 10.0. The average molecular weight is 417 g/mol. The molecule has 0 unspecified atom stereocenters. The van der Waals surface area contributed by atoms with Gasteiger partial charge in [0.15, 0.2) is 0 Å². The Balaban J connectivity index is 1.73. The van der Waals surface area contributed by atoms with Crippen molar-refractivity contribution in [2.75, 3.05) is 11.5 Å². The number of ether oxygens (including phenoxy) is 1. The van der Waals surface area contributed by atoms with E-state index in [2.05, 4.69) is 15.1 Å². The Hall–Kier alpha value is -3.94. The van der Waals surface area contributed by atoms with Gasteiger partial charge in [-0.3, -0.25) is 14.7 Å². The molecule has 1 N–H and O–H groups in total. The molecule has 0 spiro atoms. The van der Waals surface area contributed by atoms with Gasteiger partial charge >= 0.3 is 0 Å². The highest BCUT2D eigenvalue weighted by Crippen LogP contribution is 2.23. The lowest BCUT2D eigenvalue weighted by Gasteiger charge is -2.22. The Morgan fingerprint density at radius 1 is 1.10 bits per heavy atom. The normalized spacial score (nSPS) is 10.9. The van der Waals surface area contributed by atoms with Crippen molar-refractivity contribution in [1.29, 1.82) is 0 Å². The van der Waals surface area contributed by atoms with Crippen molar-refractivity contribution in [3.8, 4) is 5.75 Å². The van der Waals surface area contributed by atoms with Gasteiger partial charge in [0, 0.05) is 23.0 Å². The Labute approximate surface area is 179 Å². The van der Waals surface area contributed by atoms with E-state index >= 15 is 0 Å². The smallest absolute Gasteiger partial charge is 0.274 e. The number of nitrogens with one attached hydrogen (secondary N) is 1. The quantitative estimate of drug-likeness (QED) is 0.520. The fourth-order valence-electron chi connectivity index (χ4n) is 3.36. The van der Waals surface area contributed by atoms with Crippen LogP contribution in [0, 0.1) is 13.8 Å². The van der Waals surface area contributed by atoms with Crippen LogP contribution >= 0.6 is 0 Å². The maximum absolute atomic E-state index is 13.4. The number of aromatic amines is 1. The number of carbonyl (C=O) groups is 1. The molecule has 2 aromatic carbocycles. The second kappa shape index (κ2) is 8.43. The number of amides is 1. The molecule has 8 nitrogen and oxygen atoms in total. The van der Waals surface area contributed by atoms with E-state index in [-0.39, 0.29) is 23.8 Å². The Morgan fingerprint density at radius 3 is 2.58 bits per heavy atom. The monoisotopic (exact) mass is 417 g/mol. The van der Waals surface area contributed by atoms with E-state index in [0.717, 1.165) is 11.3 Å². The van der Waals surface area contributed by atoms with E-state index in [1.54, 1.807) is 17.9 Å². The molecule has 4 rings (SSSR count). The summed E-state index contributed by atoms with van der Waals surface area (Å²) in [6.45, 7) is 6.30. The minimum absolute atomic E-state index is 0.141. The van der Waals surface area contributed by atoms with Crippen molar-refractivity contribution < 1.29 is 9.53 Å². The molecular weight excluding hydrogens is 394 g/mol. The third kappa shape index (κ3) is 4.32. The molecule has 31 heavy (non-hydrogen) atoms. The summed E-state index contributed by atoms with van der Waals surface area (Å²) < 4.78 is 6.79. The van der Waals surface area contributed by atoms with Crippen molar-refractivity contribution in [3.63, 3.8) is 0 Å². The largest absolute Gasteiger partial charge is 0.494 e. The first-order valence-electron chi connectivity index (χ1n) is 10.0. The summed E-state index contributed by atoms with van der Waals surface area (Å²) in [7, 11) is 0. The van der Waals surface area contributed by atoms with Crippen LogP contribution < -0.4 is 15.2 Å². The molecule has 1 amide bonds. The fraction of sp³-hybridized carbons (Fsp3) is 0.217. The molecule has 158 valence electrons. The standard InChI is InChI=1S/C23H23N5O3/c1-4-31-19-10-8-18(9-11-19)27(22(30)17-7-5-6-15(2)12-17)14-20-25-23-24-16(3)13-21(29)28(23)26-20/h5-13H,4,14H2,1-3H3,(H,24,25,26). The van der Waals surface area contributed by atoms with Crippen LogP contribution in [-0.2, 0) is 6.54 Å². The zero-order valence-electron chi connectivity index (χ0n) is 17.6. The highest BCUT2D eigenvalue weighted by Gasteiger charge is 2.21. The van der Waals surface area contributed by atoms with Crippen molar-refractivity contribution in [2.24, 2.45) is 0 Å². The van der Waals surface area contributed by atoms with Gasteiger partial charge in [-0.05, 0) is 57.2 Å². The number of benzene rings is 2. The van der Waals surface area contributed by atoms with Crippen molar-refractivity contribution in [1.82, 2.24) is 19.6 Å². The molecule has 0 aliphatic rings. The van der Waals surface area contributed by atoms with Gasteiger partial charge in [-0.2, -0.15) is 9.50 Å². The summed E-state index contributed by atoms with van der Waals surface area (Å²) in [5.41, 5.74) is 2.58. The summed E-state index contributed by atoms with van der Waals surface area (Å²) in [6.07, 6.45) is 0. The number of aryl methyl sites for hydroxylation is 2. The minimum Gasteiger partial charge on any atom is -0.494 e. The van der Waals surface area contributed by atoms with Gasteiger partial charge in [0.2, 0.25) is 0 Å². The molecule has 2 aromatic heterocycles. The molecule has 0 saturated carbocycles. The molecule has 0 aliphatic carbocycles. The van der Waals surface area contributed by atoms with E-state index in [4.69, 9.17) is 4.74 Å². The fourth-order valence-corrected chi connectivity index (χ4v) is 3.36. The van der Waals surface area contributed by atoms with Crippen LogP contribution in [0.5, 0.6) is 5.75 Å². The van der Waals surface area contributed by atoms with Gasteiger partial charge in [-0.1, -0.05) is 17.7 Å². The van der Waals surface area contributed by atoms with Crippen LogP contribution in [0.25, 0.3) is 5.78 Å². The van der Waals surface area contributed by atoms with Crippen molar-refractivity contribution >= 4 is 17.4 Å². The van der Waals surface area contributed by atoms with Crippen LogP contribution in [0.1, 0.15) is 34.4 Å². The maximum atomic E-state index is 13.4.